The second kappa shape index (κ2) is 7.42. The molecule has 98 valence electrons. The normalized spacial score (nSPS) is 13.2. The van der Waals surface area contributed by atoms with Crippen molar-refractivity contribution < 1.29 is 9.47 Å². The molecular formula is C12H23N3O2. The molecule has 5 heteroatoms. The maximum absolute atomic E-state index is 5.32. The molecule has 1 rings (SSSR count). The third kappa shape index (κ3) is 4.46. The lowest BCUT2D eigenvalue weighted by molar-refractivity contribution is -0.122. The molecule has 0 bridgehead atoms. The van der Waals surface area contributed by atoms with E-state index >= 15 is 0 Å². The molecule has 0 aliphatic heterocycles. The highest BCUT2D eigenvalue weighted by atomic mass is 16.7. The fourth-order valence-corrected chi connectivity index (χ4v) is 1.82. The number of nitrogens with one attached hydrogen (secondary N) is 1. The summed E-state index contributed by atoms with van der Waals surface area (Å²) in [6.45, 7) is 3.08. The van der Waals surface area contributed by atoms with Crippen molar-refractivity contribution >= 4 is 0 Å². The summed E-state index contributed by atoms with van der Waals surface area (Å²) in [5.41, 5.74) is 1.04. The first-order chi connectivity index (χ1) is 8.21. The first-order valence-corrected chi connectivity index (χ1v) is 5.98. The lowest BCUT2D eigenvalue weighted by Gasteiger charge is -2.25. The Hall–Kier alpha value is -0.910. The molecule has 0 aliphatic carbocycles. The summed E-state index contributed by atoms with van der Waals surface area (Å²) in [5.74, 6) is 0. The Morgan fingerprint density at radius 1 is 1.41 bits per heavy atom. The summed E-state index contributed by atoms with van der Waals surface area (Å²) in [5, 5.41) is 7.80. The van der Waals surface area contributed by atoms with Crippen LogP contribution in [0.25, 0.3) is 0 Å². The predicted octanol–water partition coefficient (Wildman–Crippen LogP) is 0.950. The molecule has 0 radical (unpaired) electrons. The van der Waals surface area contributed by atoms with E-state index in [1.807, 2.05) is 19.3 Å². The highest BCUT2D eigenvalue weighted by Gasteiger charge is 2.21. The van der Waals surface area contributed by atoms with E-state index in [-0.39, 0.29) is 12.3 Å². The van der Waals surface area contributed by atoms with Crippen molar-refractivity contribution in [3.05, 3.63) is 18.0 Å². The van der Waals surface area contributed by atoms with Gasteiger partial charge in [-0.15, -0.1) is 0 Å². The first-order valence-electron chi connectivity index (χ1n) is 5.98. The van der Waals surface area contributed by atoms with Gasteiger partial charge in [0.05, 0.1) is 11.7 Å². The Morgan fingerprint density at radius 3 is 2.59 bits per heavy atom. The minimum atomic E-state index is -0.247. The van der Waals surface area contributed by atoms with Crippen LogP contribution >= 0.6 is 0 Å². The lowest BCUT2D eigenvalue weighted by atomic mass is 10.1. The average Bonchev–Trinajstić information content (AvgIpc) is 2.73. The molecule has 1 unspecified atom stereocenters. The van der Waals surface area contributed by atoms with Crippen molar-refractivity contribution in [2.75, 3.05) is 20.8 Å². The van der Waals surface area contributed by atoms with Gasteiger partial charge in [0.25, 0.3) is 0 Å². The van der Waals surface area contributed by atoms with Crippen LogP contribution in [-0.2, 0) is 22.9 Å². The number of hydrogen-bond acceptors (Lipinski definition) is 4. The van der Waals surface area contributed by atoms with Crippen LogP contribution in [0.15, 0.2) is 12.3 Å². The summed E-state index contributed by atoms with van der Waals surface area (Å²) < 4.78 is 12.4. The van der Waals surface area contributed by atoms with Crippen LogP contribution in [0, 0.1) is 0 Å². The minimum absolute atomic E-state index is 0.125. The van der Waals surface area contributed by atoms with Gasteiger partial charge in [0.15, 0.2) is 6.29 Å². The second-order valence-electron chi connectivity index (χ2n) is 4.09. The van der Waals surface area contributed by atoms with Crippen LogP contribution in [-0.4, -0.2) is 42.9 Å². The number of nitrogens with zero attached hydrogens (tertiary/aromatic N) is 2. The Bertz CT molecular complexity index is 310. The van der Waals surface area contributed by atoms with Crippen LogP contribution in [0.5, 0.6) is 0 Å². The molecule has 17 heavy (non-hydrogen) atoms. The van der Waals surface area contributed by atoms with Gasteiger partial charge in [-0.05, 0) is 19.0 Å². The standard InChI is InChI=1S/C12H23N3O2/c1-5-7-13-11(12(16-3)17-4)9-10-6-8-15(2)14-10/h6,8,11-13H,5,7,9H2,1-4H3. The average molecular weight is 241 g/mol. The Kier molecular flexibility index (Phi) is 6.18. The van der Waals surface area contributed by atoms with Crippen molar-refractivity contribution in [2.45, 2.75) is 32.1 Å². The molecule has 1 N–H and O–H groups in total. The molecule has 1 atom stereocenters. The molecule has 0 saturated carbocycles. The van der Waals surface area contributed by atoms with Crippen molar-refractivity contribution in [1.82, 2.24) is 15.1 Å². The SMILES string of the molecule is CCCNC(Cc1ccn(C)n1)C(OC)OC. The molecule has 0 spiro atoms. The van der Waals surface area contributed by atoms with Crippen molar-refractivity contribution in [3.63, 3.8) is 0 Å². The first kappa shape index (κ1) is 14.2. The van der Waals surface area contributed by atoms with Crippen LogP contribution < -0.4 is 5.32 Å². The van der Waals surface area contributed by atoms with E-state index in [2.05, 4.69) is 17.3 Å². The smallest absolute Gasteiger partial charge is 0.172 e. The molecule has 5 nitrogen and oxygen atoms in total. The van der Waals surface area contributed by atoms with E-state index in [0.717, 1.165) is 25.1 Å². The van der Waals surface area contributed by atoms with E-state index < -0.39 is 0 Å². The number of aryl methyl sites for hydroxylation is 1. The maximum atomic E-state index is 5.32. The molecule has 0 amide bonds. The summed E-state index contributed by atoms with van der Waals surface area (Å²) in [6.07, 6.45) is 3.58. The van der Waals surface area contributed by atoms with Gasteiger partial charge < -0.3 is 14.8 Å². The van der Waals surface area contributed by atoms with Gasteiger partial charge in [0.1, 0.15) is 0 Å². The summed E-state index contributed by atoms with van der Waals surface area (Å²) in [6, 6.07) is 2.14. The van der Waals surface area contributed by atoms with Gasteiger partial charge in [-0.25, -0.2) is 0 Å². The van der Waals surface area contributed by atoms with Gasteiger partial charge in [0, 0.05) is 33.9 Å². The summed E-state index contributed by atoms with van der Waals surface area (Å²) >= 11 is 0. The number of rotatable bonds is 8. The minimum Gasteiger partial charge on any atom is -0.354 e. The van der Waals surface area contributed by atoms with Gasteiger partial charge in [-0.2, -0.15) is 5.10 Å². The third-order valence-corrected chi connectivity index (χ3v) is 2.65. The molecule has 1 aromatic heterocycles. The number of methoxy groups -OCH3 is 2. The highest BCUT2D eigenvalue weighted by molar-refractivity contribution is 5.01. The van der Waals surface area contributed by atoms with E-state index in [4.69, 9.17) is 9.47 Å². The monoisotopic (exact) mass is 241 g/mol. The Morgan fingerprint density at radius 2 is 2.12 bits per heavy atom. The fourth-order valence-electron chi connectivity index (χ4n) is 1.82. The second-order valence-corrected chi connectivity index (χ2v) is 4.09. The number of ether oxygens (including phenoxy) is 2. The zero-order chi connectivity index (χ0) is 12.7. The van der Waals surface area contributed by atoms with Crippen LogP contribution in [0.4, 0.5) is 0 Å². The molecule has 0 aliphatic rings. The summed E-state index contributed by atoms with van der Waals surface area (Å²) in [7, 11) is 5.24. The molecule has 1 aromatic rings. The molecule has 0 fully saturated rings. The van der Waals surface area contributed by atoms with Gasteiger partial charge in [-0.3, -0.25) is 4.68 Å². The van der Waals surface area contributed by atoms with Crippen LogP contribution in [0.2, 0.25) is 0 Å². The lowest BCUT2D eigenvalue weighted by Crippen LogP contribution is -2.44. The van der Waals surface area contributed by atoms with Crippen molar-refractivity contribution in [3.8, 4) is 0 Å². The predicted molar refractivity (Wildman–Crippen MR) is 66.8 cm³/mol. The molecule has 1 heterocycles. The van der Waals surface area contributed by atoms with Crippen molar-refractivity contribution in [2.24, 2.45) is 7.05 Å². The number of aromatic nitrogens is 2. The number of hydrogen-bond donors (Lipinski definition) is 1. The topological polar surface area (TPSA) is 48.3 Å². The van der Waals surface area contributed by atoms with E-state index in [0.29, 0.717) is 0 Å². The van der Waals surface area contributed by atoms with Crippen molar-refractivity contribution in [1.29, 1.82) is 0 Å². The van der Waals surface area contributed by atoms with E-state index in [9.17, 15) is 0 Å². The molecule has 0 aromatic carbocycles. The highest BCUT2D eigenvalue weighted by Crippen LogP contribution is 2.07. The van der Waals surface area contributed by atoms with E-state index in [1.165, 1.54) is 0 Å². The van der Waals surface area contributed by atoms with Crippen LogP contribution in [0.1, 0.15) is 19.0 Å². The maximum Gasteiger partial charge on any atom is 0.172 e. The summed E-state index contributed by atoms with van der Waals surface area (Å²) in [4.78, 5) is 0. The largest absolute Gasteiger partial charge is 0.354 e. The molecule has 0 saturated heterocycles. The van der Waals surface area contributed by atoms with E-state index in [1.54, 1.807) is 18.9 Å². The zero-order valence-electron chi connectivity index (χ0n) is 11.1. The zero-order valence-corrected chi connectivity index (χ0v) is 11.1. The molecular weight excluding hydrogens is 218 g/mol. The quantitative estimate of drug-likeness (QED) is 0.688. The van der Waals surface area contributed by atoms with Gasteiger partial charge >= 0.3 is 0 Å². The Labute approximate surface area is 103 Å². The van der Waals surface area contributed by atoms with Gasteiger partial charge in [-0.1, -0.05) is 6.92 Å². The van der Waals surface area contributed by atoms with Gasteiger partial charge in [0.2, 0.25) is 0 Å². The fraction of sp³-hybridized carbons (Fsp3) is 0.750. The Balaban J connectivity index is 2.61. The van der Waals surface area contributed by atoms with Crippen LogP contribution in [0.3, 0.4) is 0 Å². The third-order valence-electron chi connectivity index (χ3n) is 2.65.